The van der Waals surface area contributed by atoms with E-state index in [1.165, 1.54) is 16.8 Å². The molecule has 2 nitrogen and oxygen atoms in total. The van der Waals surface area contributed by atoms with Gasteiger partial charge in [-0.05, 0) is 51.0 Å². The van der Waals surface area contributed by atoms with Crippen LogP contribution in [0.25, 0.3) is 0 Å². The number of nitrogens with one attached hydrogen (secondary N) is 1. The Labute approximate surface area is 86.3 Å². The molecule has 78 valence electrons. The zero-order valence-corrected chi connectivity index (χ0v) is 9.48. The third kappa shape index (κ3) is 2.19. The lowest BCUT2D eigenvalue weighted by atomic mass is 10.1. The third-order valence-corrected chi connectivity index (χ3v) is 2.40. The summed E-state index contributed by atoms with van der Waals surface area (Å²) in [5, 5.41) is 3.33. The molecular weight excluding hydrogens is 174 g/mol. The molecule has 0 heterocycles. The maximum absolute atomic E-state index is 5.52. The molecule has 0 aliphatic heterocycles. The largest absolute Gasteiger partial charge is 0.494 e. The SMILES string of the molecule is CCNc1ccc(OCC)c(C)c1C. The van der Waals surface area contributed by atoms with Crippen LogP contribution in [0, 0.1) is 13.8 Å². The Morgan fingerprint density at radius 3 is 2.43 bits per heavy atom. The lowest BCUT2D eigenvalue weighted by Crippen LogP contribution is -2.02. The zero-order chi connectivity index (χ0) is 10.6. The number of hydrogen-bond acceptors (Lipinski definition) is 2. The van der Waals surface area contributed by atoms with Gasteiger partial charge in [-0.25, -0.2) is 0 Å². The first-order chi connectivity index (χ1) is 6.70. The minimum atomic E-state index is 0.723. The molecule has 0 spiro atoms. The molecule has 1 N–H and O–H groups in total. The van der Waals surface area contributed by atoms with Gasteiger partial charge in [0.1, 0.15) is 5.75 Å². The van der Waals surface area contributed by atoms with E-state index in [9.17, 15) is 0 Å². The second-order valence-electron chi connectivity index (χ2n) is 3.32. The van der Waals surface area contributed by atoms with Crippen LogP contribution in [0.15, 0.2) is 12.1 Å². The lowest BCUT2D eigenvalue weighted by molar-refractivity contribution is 0.337. The van der Waals surface area contributed by atoms with Crippen molar-refractivity contribution < 1.29 is 4.74 Å². The van der Waals surface area contributed by atoms with Gasteiger partial charge in [0.25, 0.3) is 0 Å². The Morgan fingerprint density at radius 1 is 1.14 bits per heavy atom. The number of hydrogen-bond donors (Lipinski definition) is 1. The summed E-state index contributed by atoms with van der Waals surface area (Å²) in [6, 6.07) is 4.11. The Bertz CT molecular complexity index is 276. The molecule has 0 aliphatic carbocycles. The van der Waals surface area contributed by atoms with Gasteiger partial charge in [-0.2, -0.15) is 0 Å². The van der Waals surface area contributed by atoms with Crippen LogP contribution in [-0.2, 0) is 0 Å². The first-order valence-corrected chi connectivity index (χ1v) is 5.17. The van der Waals surface area contributed by atoms with Crippen LogP contribution in [0.2, 0.25) is 0 Å². The molecule has 1 aromatic rings. The van der Waals surface area contributed by atoms with E-state index in [-0.39, 0.29) is 0 Å². The Morgan fingerprint density at radius 2 is 1.86 bits per heavy atom. The molecule has 1 aromatic carbocycles. The molecule has 0 saturated heterocycles. The molecule has 0 bridgehead atoms. The average Bonchev–Trinajstić information content (AvgIpc) is 2.18. The van der Waals surface area contributed by atoms with Crippen LogP contribution in [0.4, 0.5) is 5.69 Å². The van der Waals surface area contributed by atoms with Crippen LogP contribution in [0.5, 0.6) is 5.75 Å². The summed E-state index contributed by atoms with van der Waals surface area (Å²) in [7, 11) is 0. The predicted octanol–water partition coefficient (Wildman–Crippen LogP) is 3.13. The van der Waals surface area contributed by atoms with Crippen molar-refractivity contribution in [1.82, 2.24) is 0 Å². The van der Waals surface area contributed by atoms with Gasteiger partial charge in [-0.3, -0.25) is 0 Å². The first-order valence-electron chi connectivity index (χ1n) is 5.17. The minimum absolute atomic E-state index is 0.723. The molecule has 0 radical (unpaired) electrons. The maximum Gasteiger partial charge on any atom is 0.122 e. The summed E-state index contributed by atoms with van der Waals surface area (Å²) in [6.45, 7) is 10.0. The third-order valence-electron chi connectivity index (χ3n) is 2.40. The first kappa shape index (κ1) is 10.9. The normalized spacial score (nSPS) is 10.0. The summed E-state index contributed by atoms with van der Waals surface area (Å²) in [4.78, 5) is 0. The van der Waals surface area contributed by atoms with Crippen LogP contribution < -0.4 is 10.1 Å². The fraction of sp³-hybridized carbons (Fsp3) is 0.500. The maximum atomic E-state index is 5.52. The molecule has 0 saturated carbocycles. The molecule has 0 aliphatic rings. The standard InChI is InChI=1S/C12H19NO/c1-5-13-11-7-8-12(14-6-2)10(4)9(11)3/h7-8,13H,5-6H2,1-4H3. The van der Waals surface area contributed by atoms with Crippen molar-refractivity contribution in [2.75, 3.05) is 18.5 Å². The van der Waals surface area contributed by atoms with Crippen LogP contribution in [0.1, 0.15) is 25.0 Å². The second kappa shape index (κ2) is 4.89. The highest BCUT2D eigenvalue weighted by molar-refractivity contribution is 5.58. The van der Waals surface area contributed by atoms with E-state index in [1.807, 2.05) is 13.0 Å². The number of ether oxygens (including phenoxy) is 1. The van der Waals surface area contributed by atoms with E-state index in [4.69, 9.17) is 4.74 Å². The van der Waals surface area contributed by atoms with Gasteiger partial charge < -0.3 is 10.1 Å². The predicted molar refractivity (Wildman–Crippen MR) is 61.2 cm³/mol. The highest BCUT2D eigenvalue weighted by Gasteiger charge is 2.05. The quantitative estimate of drug-likeness (QED) is 0.793. The van der Waals surface area contributed by atoms with Crippen molar-refractivity contribution in [3.63, 3.8) is 0 Å². The number of anilines is 1. The molecule has 1 rings (SSSR count). The molecule has 0 fully saturated rings. The Hall–Kier alpha value is -1.18. The van der Waals surface area contributed by atoms with Gasteiger partial charge in [0.15, 0.2) is 0 Å². The van der Waals surface area contributed by atoms with Crippen LogP contribution in [-0.4, -0.2) is 13.2 Å². The molecule has 0 atom stereocenters. The summed E-state index contributed by atoms with van der Waals surface area (Å²) < 4.78 is 5.52. The summed E-state index contributed by atoms with van der Waals surface area (Å²) >= 11 is 0. The van der Waals surface area contributed by atoms with Crippen molar-refractivity contribution in [3.8, 4) is 5.75 Å². The molecule has 0 aromatic heterocycles. The summed E-state index contributed by atoms with van der Waals surface area (Å²) in [5.74, 6) is 0.992. The smallest absolute Gasteiger partial charge is 0.122 e. The van der Waals surface area contributed by atoms with Crippen molar-refractivity contribution >= 4 is 5.69 Å². The van der Waals surface area contributed by atoms with E-state index < -0.39 is 0 Å². The van der Waals surface area contributed by atoms with E-state index in [0.29, 0.717) is 0 Å². The van der Waals surface area contributed by atoms with Crippen molar-refractivity contribution in [2.24, 2.45) is 0 Å². The number of benzene rings is 1. The van der Waals surface area contributed by atoms with E-state index in [1.54, 1.807) is 0 Å². The van der Waals surface area contributed by atoms with Gasteiger partial charge in [-0.15, -0.1) is 0 Å². The fourth-order valence-corrected chi connectivity index (χ4v) is 1.49. The monoisotopic (exact) mass is 193 g/mol. The van der Waals surface area contributed by atoms with Gasteiger partial charge >= 0.3 is 0 Å². The minimum Gasteiger partial charge on any atom is -0.494 e. The Balaban J connectivity index is 2.99. The van der Waals surface area contributed by atoms with Crippen LogP contribution in [0.3, 0.4) is 0 Å². The number of rotatable bonds is 4. The van der Waals surface area contributed by atoms with Gasteiger partial charge in [0.05, 0.1) is 6.61 Å². The molecule has 0 unspecified atom stereocenters. The summed E-state index contributed by atoms with van der Waals surface area (Å²) in [6.07, 6.45) is 0. The highest BCUT2D eigenvalue weighted by atomic mass is 16.5. The fourth-order valence-electron chi connectivity index (χ4n) is 1.49. The molecule has 0 amide bonds. The summed E-state index contributed by atoms with van der Waals surface area (Å²) in [5.41, 5.74) is 3.71. The van der Waals surface area contributed by atoms with E-state index >= 15 is 0 Å². The molecule has 14 heavy (non-hydrogen) atoms. The van der Waals surface area contributed by atoms with E-state index in [2.05, 4.69) is 32.2 Å². The van der Waals surface area contributed by atoms with E-state index in [0.717, 1.165) is 18.9 Å². The van der Waals surface area contributed by atoms with Gasteiger partial charge in [0, 0.05) is 12.2 Å². The molecule has 2 heteroatoms. The average molecular weight is 193 g/mol. The topological polar surface area (TPSA) is 21.3 Å². The lowest BCUT2D eigenvalue weighted by Gasteiger charge is -2.14. The zero-order valence-electron chi connectivity index (χ0n) is 9.48. The highest BCUT2D eigenvalue weighted by Crippen LogP contribution is 2.27. The van der Waals surface area contributed by atoms with Crippen molar-refractivity contribution in [2.45, 2.75) is 27.7 Å². The van der Waals surface area contributed by atoms with Gasteiger partial charge in [0.2, 0.25) is 0 Å². The van der Waals surface area contributed by atoms with Crippen molar-refractivity contribution in [3.05, 3.63) is 23.3 Å². The second-order valence-corrected chi connectivity index (χ2v) is 3.32. The Kier molecular flexibility index (Phi) is 3.81. The van der Waals surface area contributed by atoms with Gasteiger partial charge in [-0.1, -0.05) is 0 Å². The van der Waals surface area contributed by atoms with Crippen molar-refractivity contribution in [1.29, 1.82) is 0 Å². The van der Waals surface area contributed by atoms with Crippen LogP contribution >= 0.6 is 0 Å². The molecular formula is C12H19NO.